The fraction of sp³-hybridized carbons (Fsp3) is 0.174. The lowest BCUT2D eigenvalue weighted by Crippen LogP contribution is -2.38. The predicted molar refractivity (Wildman–Crippen MR) is 123 cm³/mol. The van der Waals surface area contributed by atoms with Crippen molar-refractivity contribution in [1.82, 2.24) is 0 Å². The number of nitrogens with zero attached hydrogens (tertiary/aromatic N) is 2. The number of hydrogen-bond donors (Lipinski definition) is 1. The predicted octanol–water partition coefficient (Wildman–Crippen LogP) is 4.35. The molecule has 0 aliphatic heterocycles. The number of carbonyl (C=O) groups excluding carboxylic acids is 1. The van der Waals surface area contributed by atoms with Crippen molar-refractivity contribution in [2.45, 2.75) is 25.7 Å². The molecule has 0 aliphatic carbocycles. The van der Waals surface area contributed by atoms with Gasteiger partial charge in [0.2, 0.25) is 5.91 Å². The van der Waals surface area contributed by atoms with E-state index in [9.17, 15) is 23.3 Å². The molecule has 1 N–H and O–H groups in total. The number of non-ortho nitro benzene ring substituents is 1. The second-order valence-electron chi connectivity index (χ2n) is 7.42. The van der Waals surface area contributed by atoms with Gasteiger partial charge in [-0.1, -0.05) is 36.4 Å². The molecule has 8 nitrogen and oxygen atoms in total. The summed E-state index contributed by atoms with van der Waals surface area (Å²) >= 11 is 0. The summed E-state index contributed by atoms with van der Waals surface area (Å²) in [5.74, 6) is -0.617. The molecule has 1 amide bonds. The van der Waals surface area contributed by atoms with E-state index < -0.39 is 27.4 Å². The fourth-order valence-electron chi connectivity index (χ4n) is 3.19. The molecular weight excluding hydrogens is 430 g/mol. The highest BCUT2D eigenvalue weighted by Gasteiger charge is 2.28. The smallest absolute Gasteiger partial charge is 0.271 e. The van der Waals surface area contributed by atoms with E-state index in [2.05, 4.69) is 5.32 Å². The molecule has 166 valence electrons. The van der Waals surface area contributed by atoms with E-state index in [0.717, 1.165) is 9.87 Å². The SMILES string of the molecule is Cc1ccc(C)c(N(CC(=O)Nc2cc([N+](=O)[O-])ccc2C)S(=O)(=O)c2ccccc2)c1. The zero-order chi connectivity index (χ0) is 23.5. The first-order valence-electron chi connectivity index (χ1n) is 9.79. The van der Waals surface area contributed by atoms with E-state index in [0.29, 0.717) is 16.8 Å². The molecule has 3 aromatic rings. The summed E-state index contributed by atoms with van der Waals surface area (Å²) in [5, 5.41) is 13.7. The van der Waals surface area contributed by atoms with Crippen LogP contribution in [0.1, 0.15) is 16.7 Å². The number of benzene rings is 3. The van der Waals surface area contributed by atoms with Crippen molar-refractivity contribution in [3.8, 4) is 0 Å². The Kier molecular flexibility index (Phi) is 6.59. The van der Waals surface area contributed by atoms with Gasteiger partial charge >= 0.3 is 0 Å². The standard InChI is InChI=1S/C23H23N3O5S/c1-16-9-10-18(3)22(13-16)25(32(30,31)20-7-5-4-6-8-20)15-23(27)24-21-14-19(26(28)29)12-11-17(21)2/h4-14H,15H2,1-3H3,(H,24,27). The maximum atomic E-state index is 13.5. The molecule has 3 rings (SSSR count). The van der Waals surface area contributed by atoms with Crippen LogP contribution < -0.4 is 9.62 Å². The number of nitrogens with one attached hydrogen (secondary N) is 1. The van der Waals surface area contributed by atoms with Crippen molar-refractivity contribution in [3.05, 3.63) is 93.5 Å². The molecule has 0 atom stereocenters. The summed E-state index contributed by atoms with van der Waals surface area (Å²) < 4.78 is 28.0. The minimum atomic E-state index is -4.05. The second-order valence-corrected chi connectivity index (χ2v) is 9.28. The monoisotopic (exact) mass is 453 g/mol. The van der Waals surface area contributed by atoms with Crippen molar-refractivity contribution in [1.29, 1.82) is 0 Å². The van der Waals surface area contributed by atoms with E-state index in [1.165, 1.54) is 30.3 Å². The average Bonchev–Trinajstić information content (AvgIpc) is 2.76. The first kappa shape index (κ1) is 23.0. The molecule has 0 spiro atoms. The summed E-state index contributed by atoms with van der Waals surface area (Å²) in [6, 6.07) is 17.3. The Hall–Kier alpha value is -3.72. The van der Waals surface area contributed by atoms with Gasteiger partial charge in [0.05, 0.1) is 21.2 Å². The van der Waals surface area contributed by atoms with Crippen molar-refractivity contribution in [3.63, 3.8) is 0 Å². The molecule has 9 heteroatoms. The normalized spacial score (nSPS) is 11.1. The second kappa shape index (κ2) is 9.19. The maximum absolute atomic E-state index is 13.5. The van der Waals surface area contributed by atoms with Crippen LogP contribution in [0.15, 0.2) is 71.6 Å². The van der Waals surface area contributed by atoms with E-state index in [1.807, 2.05) is 13.0 Å². The summed E-state index contributed by atoms with van der Waals surface area (Å²) in [7, 11) is -4.05. The summed E-state index contributed by atoms with van der Waals surface area (Å²) in [6.07, 6.45) is 0. The number of hydrogen-bond acceptors (Lipinski definition) is 5. The quantitative estimate of drug-likeness (QED) is 0.422. The number of nitro benzene ring substituents is 1. The number of nitro groups is 1. The lowest BCUT2D eigenvalue weighted by Gasteiger charge is -2.26. The van der Waals surface area contributed by atoms with Crippen LogP contribution in [0.2, 0.25) is 0 Å². The average molecular weight is 454 g/mol. The summed E-state index contributed by atoms with van der Waals surface area (Å²) in [4.78, 5) is 23.5. The van der Waals surface area contributed by atoms with Crippen LogP contribution in [-0.4, -0.2) is 25.8 Å². The van der Waals surface area contributed by atoms with Crippen LogP contribution in [0.5, 0.6) is 0 Å². The molecule has 32 heavy (non-hydrogen) atoms. The first-order chi connectivity index (χ1) is 15.1. The van der Waals surface area contributed by atoms with Gasteiger partial charge in [-0.25, -0.2) is 8.42 Å². The van der Waals surface area contributed by atoms with Crippen LogP contribution in [0, 0.1) is 30.9 Å². The molecule has 0 saturated heterocycles. The highest BCUT2D eigenvalue weighted by molar-refractivity contribution is 7.92. The van der Waals surface area contributed by atoms with Crippen molar-refractivity contribution in [2.24, 2.45) is 0 Å². The topological polar surface area (TPSA) is 110 Å². The van der Waals surface area contributed by atoms with E-state index >= 15 is 0 Å². The zero-order valence-electron chi connectivity index (χ0n) is 17.9. The van der Waals surface area contributed by atoms with Gasteiger partial charge in [-0.2, -0.15) is 0 Å². The van der Waals surface area contributed by atoms with Crippen LogP contribution in [0.4, 0.5) is 17.1 Å². The lowest BCUT2D eigenvalue weighted by molar-refractivity contribution is -0.384. The molecule has 0 heterocycles. The van der Waals surface area contributed by atoms with Crippen LogP contribution in [0.3, 0.4) is 0 Å². The number of sulfonamides is 1. The number of amides is 1. The minimum absolute atomic E-state index is 0.0558. The van der Waals surface area contributed by atoms with Crippen LogP contribution >= 0.6 is 0 Å². The Balaban J connectivity index is 2.00. The molecule has 0 fully saturated rings. The van der Waals surface area contributed by atoms with Crippen LogP contribution in [0.25, 0.3) is 0 Å². The Labute approximate surface area is 186 Å². The van der Waals surface area contributed by atoms with E-state index in [4.69, 9.17) is 0 Å². The highest BCUT2D eigenvalue weighted by Crippen LogP contribution is 2.28. The van der Waals surface area contributed by atoms with Gasteiger partial charge in [-0.15, -0.1) is 0 Å². The molecule has 0 aromatic heterocycles. The van der Waals surface area contributed by atoms with Crippen molar-refractivity contribution in [2.75, 3.05) is 16.2 Å². The van der Waals surface area contributed by atoms with Crippen molar-refractivity contribution < 1.29 is 18.1 Å². The zero-order valence-corrected chi connectivity index (χ0v) is 18.7. The highest BCUT2D eigenvalue weighted by atomic mass is 32.2. The van der Waals surface area contributed by atoms with Gasteiger partial charge < -0.3 is 5.32 Å². The van der Waals surface area contributed by atoms with E-state index in [1.54, 1.807) is 44.2 Å². The minimum Gasteiger partial charge on any atom is -0.324 e. The van der Waals surface area contributed by atoms with Crippen LogP contribution in [-0.2, 0) is 14.8 Å². The molecule has 0 radical (unpaired) electrons. The lowest BCUT2D eigenvalue weighted by atomic mass is 10.1. The Morgan fingerprint density at radius 1 is 0.969 bits per heavy atom. The van der Waals surface area contributed by atoms with E-state index in [-0.39, 0.29) is 16.3 Å². The third kappa shape index (κ3) is 4.94. The fourth-order valence-corrected chi connectivity index (χ4v) is 4.68. The molecule has 0 bridgehead atoms. The summed E-state index contributed by atoms with van der Waals surface area (Å²) in [5.41, 5.74) is 2.62. The molecule has 0 saturated carbocycles. The summed E-state index contributed by atoms with van der Waals surface area (Å²) in [6.45, 7) is 4.81. The third-order valence-corrected chi connectivity index (χ3v) is 6.73. The van der Waals surface area contributed by atoms with Gasteiger partial charge in [-0.3, -0.25) is 19.2 Å². The van der Waals surface area contributed by atoms with Gasteiger partial charge in [0.15, 0.2) is 0 Å². The molecule has 0 unspecified atom stereocenters. The number of carbonyl (C=O) groups is 1. The Bertz CT molecular complexity index is 1270. The number of aryl methyl sites for hydroxylation is 3. The van der Waals surface area contributed by atoms with Gasteiger partial charge in [-0.05, 0) is 55.7 Å². The molecular formula is C23H23N3O5S. The Morgan fingerprint density at radius 3 is 2.28 bits per heavy atom. The molecule has 3 aromatic carbocycles. The Morgan fingerprint density at radius 2 is 1.62 bits per heavy atom. The van der Waals surface area contributed by atoms with Gasteiger partial charge in [0, 0.05) is 12.1 Å². The van der Waals surface area contributed by atoms with Gasteiger partial charge in [0.25, 0.3) is 15.7 Å². The third-order valence-electron chi connectivity index (χ3n) is 4.96. The van der Waals surface area contributed by atoms with Gasteiger partial charge in [0.1, 0.15) is 6.54 Å². The first-order valence-corrected chi connectivity index (χ1v) is 11.2. The number of anilines is 2. The molecule has 0 aliphatic rings. The largest absolute Gasteiger partial charge is 0.324 e. The maximum Gasteiger partial charge on any atom is 0.271 e. The number of rotatable bonds is 7. The van der Waals surface area contributed by atoms with Crippen molar-refractivity contribution >= 4 is 33.0 Å².